The van der Waals surface area contributed by atoms with Gasteiger partial charge in [0.2, 0.25) is 5.91 Å². The molecule has 2 N–H and O–H groups in total. The van der Waals surface area contributed by atoms with Crippen LogP contribution in [-0.2, 0) is 4.79 Å². The maximum atomic E-state index is 13.0. The Kier molecular flexibility index (Phi) is 4.98. The molecule has 21 heavy (non-hydrogen) atoms. The molecule has 0 aliphatic rings. The number of amides is 2. The molecule has 1 unspecified atom stereocenters. The van der Waals surface area contributed by atoms with Gasteiger partial charge in [0.15, 0.2) is 17.5 Å². The molecule has 0 spiro atoms. The Labute approximate surface area is 120 Å². The van der Waals surface area contributed by atoms with E-state index in [1.807, 2.05) is 0 Å². The summed E-state index contributed by atoms with van der Waals surface area (Å²) >= 11 is 0. The van der Waals surface area contributed by atoms with Crippen molar-refractivity contribution in [2.45, 2.75) is 39.3 Å². The second-order valence-corrected chi connectivity index (χ2v) is 5.69. The first-order valence-corrected chi connectivity index (χ1v) is 6.28. The van der Waals surface area contributed by atoms with Crippen LogP contribution in [0.1, 0.15) is 38.1 Å². The summed E-state index contributed by atoms with van der Waals surface area (Å²) in [5.74, 6) is -5.90. The van der Waals surface area contributed by atoms with E-state index in [9.17, 15) is 22.8 Å². The molecule has 0 aliphatic carbocycles. The fourth-order valence-corrected chi connectivity index (χ4v) is 1.51. The molecule has 0 saturated heterocycles. The van der Waals surface area contributed by atoms with Gasteiger partial charge in [-0.1, -0.05) is 0 Å². The first kappa shape index (κ1) is 17.0. The number of rotatable bonds is 3. The molecule has 0 aliphatic heterocycles. The molecule has 0 radical (unpaired) electrons. The van der Waals surface area contributed by atoms with Crippen molar-refractivity contribution in [2.75, 3.05) is 0 Å². The van der Waals surface area contributed by atoms with Gasteiger partial charge in [0.25, 0.3) is 5.91 Å². The number of nitrogens with one attached hydrogen (secondary N) is 2. The predicted octanol–water partition coefficient (Wildman–Crippen LogP) is 2.14. The normalized spacial score (nSPS) is 12.7. The van der Waals surface area contributed by atoms with Crippen LogP contribution in [0.3, 0.4) is 0 Å². The van der Waals surface area contributed by atoms with Crippen LogP contribution in [0.2, 0.25) is 0 Å². The highest BCUT2D eigenvalue weighted by Gasteiger charge is 2.22. The molecule has 7 heteroatoms. The van der Waals surface area contributed by atoms with Crippen molar-refractivity contribution in [1.82, 2.24) is 10.6 Å². The van der Waals surface area contributed by atoms with E-state index in [2.05, 4.69) is 10.6 Å². The Balaban J connectivity index is 2.80. The SMILES string of the molecule is CC(NC(=O)c1cc(F)c(F)c(F)c1)C(=O)NC(C)(C)C. The average Bonchev–Trinajstić information content (AvgIpc) is 2.32. The van der Waals surface area contributed by atoms with Crippen molar-refractivity contribution < 1.29 is 22.8 Å². The zero-order chi connectivity index (χ0) is 16.4. The first-order valence-electron chi connectivity index (χ1n) is 6.28. The van der Waals surface area contributed by atoms with E-state index in [0.29, 0.717) is 12.1 Å². The summed E-state index contributed by atoms with van der Waals surface area (Å²) in [7, 11) is 0. The Morgan fingerprint density at radius 2 is 1.57 bits per heavy atom. The van der Waals surface area contributed by atoms with Crippen LogP contribution in [0.25, 0.3) is 0 Å². The largest absolute Gasteiger partial charge is 0.350 e. The number of carbonyl (C=O) groups excluding carboxylic acids is 2. The lowest BCUT2D eigenvalue weighted by atomic mass is 10.1. The number of benzene rings is 1. The third-order valence-corrected chi connectivity index (χ3v) is 2.49. The van der Waals surface area contributed by atoms with E-state index in [1.165, 1.54) is 6.92 Å². The van der Waals surface area contributed by atoms with Gasteiger partial charge in [0.05, 0.1) is 0 Å². The molecule has 0 aromatic heterocycles. The summed E-state index contributed by atoms with van der Waals surface area (Å²) in [6, 6.07) is 0.234. The average molecular weight is 302 g/mol. The zero-order valence-corrected chi connectivity index (χ0v) is 12.2. The van der Waals surface area contributed by atoms with Crippen molar-refractivity contribution in [3.63, 3.8) is 0 Å². The topological polar surface area (TPSA) is 58.2 Å². The van der Waals surface area contributed by atoms with E-state index in [0.717, 1.165) is 0 Å². The van der Waals surface area contributed by atoms with Gasteiger partial charge in [-0.2, -0.15) is 0 Å². The smallest absolute Gasteiger partial charge is 0.252 e. The van der Waals surface area contributed by atoms with E-state index >= 15 is 0 Å². The maximum absolute atomic E-state index is 13.0. The monoisotopic (exact) mass is 302 g/mol. The van der Waals surface area contributed by atoms with Crippen LogP contribution in [-0.4, -0.2) is 23.4 Å². The van der Waals surface area contributed by atoms with E-state index in [-0.39, 0.29) is 0 Å². The van der Waals surface area contributed by atoms with E-state index < -0.39 is 46.4 Å². The Morgan fingerprint density at radius 3 is 2.00 bits per heavy atom. The highest BCUT2D eigenvalue weighted by molar-refractivity contribution is 5.97. The van der Waals surface area contributed by atoms with Gasteiger partial charge >= 0.3 is 0 Å². The number of hydrogen-bond acceptors (Lipinski definition) is 2. The van der Waals surface area contributed by atoms with Gasteiger partial charge in [0.1, 0.15) is 6.04 Å². The summed E-state index contributed by atoms with van der Waals surface area (Å²) in [5, 5.41) is 4.93. The summed E-state index contributed by atoms with van der Waals surface area (Å²) < 4.78 is 38.9. The van der Waals surface area contributed by atoms with Crippen molar-refractivity contribution in [3.05, 3.63) is 35.1 Å². The fourth-order valence-electron chi connectivity index (χ4n) is 1.51. The molecule has 2 amide bonds. The Morgan fingerprint density at radius 1 is 1.10 bits per heavy atom. The Hall–Kier alpha value is -2.05. The highest BCUT2D eigenvalue weighted by Crippen LogP contribution is 2.13. The molecule has 116 valence electrons. The summed E-state index contributed by atoms with van der Waals surface area (Å²) in [5.41, 5.74) is -0.883. The standard InChI is InChI=1S/C14H17F3N2O2/c1-7(12(20)19-14(2,3)4)18-13(21)8-5-9(15)11(17)10(16)6-8/h5-7H,1-4H3,(H,18,21)(H,19,20). The molecular weight excluding hydrogens is 285 g/mol. The molecular formula is C14H17F3N2O2. The second kappa shape index (κ2) is 6.15. The van der Waals surface area contributed by atoms with Gasteiger partial charge in [0, 0.05) is 11.1 Å². The van der Waals surface area contributed by atoms with Crippen molar-refractivity contribution in [2.24, 2.45) is 0 Å². The third-order valence-electron chi connectivity index (χ3n) is 2.49. The Bertz CT molecular complexity index is 545. The van der Waals surface area contributed by atoms with Gasteiger partial charge < -0.3 is 10.6 Å². The summed E-state index contributed by atoms with van der Waals surface area (Å²) in [6.07, 6.45) is 0. The maximum Gasteiger partial charge on any atom is 0.252 e. The third kappa shape index (κ3) is 4.77. The van der Waals surface area contributed by atoms with Crippen LogP contribution in [0.4, 0.5) is 13.2 Å². The fraction of sp³-hybridized carbons (Fsp3) is 0.429. The quantitative estimate of drug-likeness (QED) is 0.840. The van der Waals surface area contributed by atoms with Crippen molar-refractivity contribution >= 4 is 11.8 Å². The molecule has 1 rings (SSSR count). The minimum atomic E-state index is -1.65. The minimum absolute atomic E-state index is 0.401. The molecule has 0 heterocycles. The number of hydrogen-bond donors (Lipinski definition) is 2. The molecule has 0 fully saturated rings. The minimum Gasteiger partial charge on any atom is -0.350 e. The molecule has 1 aromatic rings. The summed E-state index contributed by atoms with van der Waals surface area (Å²) in [6.45, 7) is 6.73. The predicted molar refractivity (Wildman–Crippen MR) is 71.1 cm³/mol. The lowest BCUT2D eigenvalue weighted by molar-refractivity contribution is -0.124. The molecule has 1 aromatic carbocycles. The molecule has 0 saturated carbocycles. The molecule has 4 nitrogen and oxygen atoms in total. The van der Waals surface area contributed by atoms with Crippen molar-refractivity contribution in [1.29, 1.82) is 0 Å². The lowest BCUT2D eigenvalue weighted by Gasteiger charge is -2.23. The van der Waals surface area contributed by atoms with Gasteiger partial charge in [-0.3, -0.25) is 9.59 Å². The molecule has 0 bridgehead atoms. The van der Waals surface area contributed by atoms with Gasteiger partial charge in [-0.15, -0.1) is 0 Å². The van der Waals surface area contributed by atoms with Crippen LogP contribution in [0, 0.1) is 17.5 Å². The second-order valence-electron chi connectivity index (χ2n) is 5.69. The highest BCUT2D eigenvalue weighted by atomic mass is 19.2. The van der Waals surface area contributed by atoms with Gasteiger partial charge in [-0.25, -0.2) is 13.2 Å². The lowest BCUT2D eigenvalue weighted by Crippen LogP contribution is -2.50. The van der Waals surface area contributed by atoms with E-state index in [4.69, 9.17) is 0 Å². The van der Waals surface area contributed by atoms with Gasteiger partial charge in [-0.05, 0) is 39.8 Å². The zero-order valence-electron chi connectivity index (χ0n) is 12.2. The van der Waals surface area contributed by atoms with Crippen LogP contribution in [0.15, 0.2) is 12.1 Å². The van der Waals surface area contributed by atoms with Crippen molar-refractivity contribution in [3.8, 4) is 0 Å². The number of halogens is 3. The van der Waals surface area contributed by atoms with Crippen LogP contribution < -0.4 is 10.6 Å². The molecule has 1 atom stereocenters. The first-order chi connectivity index (χ1) is 9.51. The van der Waals surface area contributed by atoms with Crippen LogP contribution in [0.5, 0.6) is 0 Å². The van der Waals surface area contributed by atoms with Crippen LogP contribution >= 0.6 is 0 Å². The summed E-state index contributed by atoms with van der Waals surface area (Å²) in [4.78, 5) is 23.6. The number of carbonyl (C=O) groups is 2. The van der Waals surface area contributed by atoms with E-state index in [1.54, 1.807) is 20.8 Å².